The fourth-order valence-electron chi connectivity index (χ4n) is 1.40. The summed E-state index contributed by atoms with van der Waals surface area (Å²) in [5.41, 5.74) is 0.992. The highest BCUT2D eigenvalue weighted by atomic mass is 31.2. The molecule has 0 saturated heterocycles. The molecule has 1 aromatic carbocycles. The number of aliphatic hydroxyl groups excluding tert-OH is 2. The van der Waals surface area contributed by atoms with E-state index in [-0.39, 0.29) is 13.2 Å². The second-order valence-corrected chi connectivity index (χ2v) is 4.89. The zero-order valence-electron chi connectivity index (χ0n) is 10.4. The molecule has 0 spiro atoms. The van der Waals surface area contributed by atoms with E-state index in [1.165, 1.54) is 0 Å². The smallest absolute Gasteiger partial charge is 0.466 e. The Labute approximate surface area is 114 Å². The van der Waals surface area contributed by atoms with E-state index in [4.69, 9.17) is 34.2 Å². The van der Waals surface area contributed by atoms with E-state index in [0.29, 0.717) is 5.75 Å². The summed E-state index contributed by atoms with van der Waals surface area (Å²) in [5.74, 6) is 0.693. The second kappa shape index (κ2) is 7.39. The normalized spacial score (nSPS) is 12.7. The van der Waals surface area contributed by atoms with Gasteiger partial charge in [-0.3, -0.25) is 0 Å². The molecule has 0 saturated carbocycles. The molecule has 1 unspecified atom stereocenters. The Hall–Kier alpha value is -1.41. The van der Waals surface area contributed by atoms with Crippen LogP contribution in [0.3, 0.4) is 0 Å². The quantitative estimate of drug-likeness (QED) is 0.435. The molecular weight excluding hydrogens is 289 g/mol. The zero-order chi connectivity index (χ0) is 15.2. The van der Waals surface area contributed by atoms with E-state index in [1.54, 1.807) is 6.20 Å². The molecule has 0 amide bonds. The van der Waals surface area contributed by atoms with Crippen LogP contribution in [-0.2, 0) is 4.57 Å². The van der Waals surface area contributed by atoms with E-state index >= 15 is 0 Å². The average Bonchev–Trinajstić information content (AvgIpc) is 2.77. The number of H-pyrrole nitrogens is 1. The van der Waals surface area contributed by atoms with Crippen LogP contribution >= 0.6 is 7.82 Å². The third-order valence-corrected chi connectivity index (χ3v) is 2.19. The summed E-state index contributed by atoms with van der Waals surface area (Å²) < 4.78 is 14.3. The number of nitrogens with one attached hydrogen (secondary N) is 1. The molecule has 2 aromatic rings. The molecule has 0 aliphatic heterocycles. The first-order valence-electron chi connectivity index (χ1n) is 5.57. The number of phosphoric acid groups is 1. The fraction of sp³-hybridized carbons (Fsp3) is 0.273. The summed E-state index contributed by atoms with van der Waals surface area (Å²) in [6, 6.07) is 7.74. The lowest BCUT2D eigenvalue weighted by atomic mass is 10.2. The maximum absolute atomic E-state index is 9.14. The van der Waals surface area contributed by atoms with Crippen molar-refractivity contribution in [3.05, 3.63) is 30.5 Å². The molecule has 112 valence electrons. The van der Waals surface area contributed by atoms with Crippen LogP contribution in [0.2, 0.25) is 0 Å². The number of hydrogen-bond donors (Lipinski definition) is 6. The van der Waals surface area contributed by atoms with Gasteiger partial charge in [-0.25, -0.2) is 4.57 Å². The van der Waals surface area contributed by atoms with Crippen molar-refractivity contribution in [2.45, 2.75) is 6.10 Å². The van der Waals surface area contributed by atoms with Crippen LogP contribution in [0.4, 0.5) is 0 Å². The molecule has 0 fully saturated rings. The van der Waals surface area contributed by atoms with E-state index in [2.05, 4.69) is 4.98 Å². The molecule has 9 heteroatoms. The van der Waals surface area contributed by atoms with Gasteiger partial charge in [0.25, 0.3) is 0 Å². The number of ether oxygens (including phenoxy) is 1. The van der Waals surface area contributed by atoms with Gasteiger partial charge in [0, 0.05) is 17.1 Å². The summed E-state index contributed by atoms with van der Waals surface area (Å²) >= 11 is 0. The van der Waals surface area contributed by atoms with Gasteiger partial charge >= 0.3 is 7.82 Å². The monoisotopic (exact) mass is 305 g/mol. The highest BCUT2D eigenvalue weighted by Gasteiger charge is 2.06. The Morgan fingerprint density at radius 2 is 1.85 bits per heavy atom. The molecule has 0 radical (unpaired) electrons. The molecule has 1 aromatic heterocycles. The van der Waals surface area contributed by atoms with Gasteiger partial charge in [0.05, 0.1) is 6.61 Å². The van der Waals surface area contributed by atoms with Gasteiger partial charge in [0.1, 0.15) is 18.5 Å². The topological polar surface area (TPSA) is 143 Å². The molecule has 1 atom stereocenters. The third-order valence-electron chi connectivity index (χ3n) is 2.19. The third kappa shape index (κ3) is 6.16. The number of benzene rings is 1. The van der Waals surface area contributed by atoms with Crippen LogP contribution < -0.4 is 4.74 Å². The molecular formula is C11H16NO7P. The average molecular weight is 305 g/mol. The summed E-state index contributed by atoms with van der Waals surface area (Å²) in [7, 11) is -4.64. The number of aromatic nitrogens is 1. The number of aromatic amines is 1. The lowest BCUT2D eigenvalue weighted by Crippen LogP contribution is -2.21. The van der Waals surface area contributed by atoms with E-state index in [9.17, 15) is 0 Å². The van der Waals surface area contributed by atoms with Crippen LogP contribution in [-0.4, -0.2) is 49.2 Å². The lowest BCUT2D eigenvalue weighted by molar-refractivity contribution is 0.0541. The Balaban J connectivity index is 0.000000347. The van der Waals surface area contributed by atoms with Crippen molar-refractivity contribution in [2.24, 2.45) is 0 Å². The molecule has 0 bridgehead atoms. The predicted octanol–water partition coefficient (Wildman–Crippen LogP) is -0.0287. The summed E-state index contributed by atoms with van der Waals surface area (Å²) in [6.07, 6.45) is 0.910. The number of para-hydroxylation sites is 1. The van der Waals surface area contributed by atoms with Crippen molar-refractivity contribution < 1.29 is 34.2 Å². The van der Waals surface area contributed by atoms with Gasteiger partial charge in [-0.1, -0.05) is 12.1 Å². The molecule has 0 aliphatic rings. The van der Waals surface area contributed by atoms with Gasteiger partial charge in [-0.15, -0.1) is 0 Å². The van der Waals surface area contributed by atoms with Gasteiger partial charge in [0.2, 0.25) is 0 Å². The zero-order valence-corrected chi connectivity index (χ0v) is 11.3. The van der Waals surface area contributed by atoms with E-state index < -0.39 is 13.9 Å². The molecule has 20 heavy (non-hydrogen) atoms. The standard InChI is InChI=1S/C11H13NO3.H3O4P/c13-6-8(14)7-15-11-5-12-10-4-2-1-3-9(10)11;1-5(2,3)4/h1-5,8,12-14H,6-7H2;(H3,1,2,3,4). The summed E-state index contributed by atoms with van der Waals surface area (Å²) in [4.78, 5) is 24.6. The van der Waals surface area contributed by atoms with Crippen molar-refractivity contribution >= 4 is 18.7 Å². The second-order valence-electron chi connectivity index (χ2n) is 3.86. The van der Waals surface area contributed by atoms with Gasteiger partial charge in [-0.2, -0.15) is 0 Å². The number of fused-ring (bicyclic) bond motifs is 1. The summed E-state index contributed by atoms with van der Waals surface area (Å²) in [6.45, 7) is -0.194. The minimum Gasteiger partial charge on any atom is -0.489 e. The van der Waals surface area contributed by atoms with Crippen LogP contribution in [0.5, 0.6) is 5.75 Å². The molecule has 6 N–H and O–H groups in total. The predicted molar refractivity (Wildman–Crippen MR) is 71.1 cm³/mol. The number of aliphatic hydroxyl groups is 2. The minimum atomic E-state index is -4.64. The maximum Gasteiger partial charge on any atom is 0.466 e. The van der Waals surface area contributed by atoms with Crippen molar-refractivity contribution in [3.63, 3.8) is 0 Å². The summed E-state index contributed by atoms with van der Waals surface area (Å²) in [5, 5.41) is 18.8. The Morgan fingerprint density at radius 3 is 2.45 bits per heavy atom. The van der Waals surface area contributed by atoms with Crippen molar-refractivity contribution in [3.8, 4) is 5.75 Å². The largest absolute Gasteiger partial charge is 0.489 e. The van der Waals surface area contributed by atoms with Crippen molar-refractivity contribution in [1.82, 2.24) is 4.98 Å². The highest BCUT2D eigenvalue weighted by Crippen LogP contribution is 2.26. The van der Waals surface area contributed by atoms with Crippen LogP contribution in [0.1, 0.15) is 0 Å². The molecule has 1 heterocycles. The first-order chi connectivity index (χ1) is 9.31. The van der Waals surface area contributed by atoms with Crippen LogP contribution in [0.25, 0.3) is 10.9 Å². The first-order valence-corrected chi connectivity index (χ1v) is 7.14. The Kier molecular flexibility index (Phi) is 6.15. The Bertz CT molecular complexity index is 571. The molecule has 0 aliphatic carbocycles. The minimum absolute atomic E-state index is 0.0956. The number of hydrogen-bond acceptors (Lipinski definition) is 4. The molecule has 2 rings (SSSR count). The number of rotatable bonds is 4. The maximum atomic E-state index is 9.14. The van der Waals surface area contributed by atoms with E-state index in [1.807, 2.05) is 24.3 Å². The SMILES string of the molecule is O=P(O)(O)O.OCC(O)COc1c[nH]c2ccccc12. The fourth-order valence-corrected chi connectivity index (χ4v) is 1.40. The van der Waals surface area contributed by atoms with Gasteiger partial charge < -0.3 is 34.6 Å². The highest BCUT2D eigenvalue weighted by molar-refractivity contribution is 7.45. The lowest BCUT2D eigenvalue weighted by Gasteiger charge is -2.08. The van der Waals surface area contributed by atoms with Crippen LogP contribution in [0, 0.1) is 0 Å². The Morgan fingerprint density at radius 1 is 1.25 bits per heavy atom. The van der Waals surface area contributed by atoms with Gasteiger partial charge in [0.15, 0.2) is 0 Å². The van der Waals surface area contributed by atoms with Gasteiger partial charge in [-0.05, 0) is 12.1 Å². The van der Waals surface area contributed by atoms with Crippen molar-refractivity contribution in [2.75, 3.05) is 13.2 Å². The first kappa shape index (κ1) is 16.6. The van der Waals surface area contributed by atoms with Crippen LogP contribution in [0.15, 0.2) is 30.5 Å². The van der Waals surface area contributed by atoms with Crippen molar-refractivity contribution in [1.29, 1.82) is 0 Å². The van der Waals surface area contributed by atoms with E-state index in [0.717, 1.165) is 10.9 Å². The molecule has 8 nitrogen and oxygen atoms in total.